The molecule has 0 N–H and O–H groups in total. The highest BCUT2D eigenvalue weighted by molar-refractivity contribution is 6.34. The second-order valence-electron chi connectivity index (χ2n) is 7.21. The van der Waals surface area contributed by atoms with E-state index < -0.39 is 18.1 Å². The zero-order valence-electron chi connectivity index (χ0n) is 15.6. The van der Waals surface area contributed by atoms with Gasteiger partial charge in [0, 0.05) is 10.0 Å². The number of halogens is 2. The van der Waals surface area contributed by atoms with Crippen molar-refractivity contribution in [3.8, 4) is 0 Å². The van der Waals surface area contributed by atoms with Crippen molar-refractivity contribution in [2.45, 2.75) is 12.1 Å². The number of imide groups is 1. The summed E-state index contributed by atoms with van der Waals surface area (Å²) in [4.78, 5) is 33.9. The first-order chi connectivity index (χ1) is 14.5. The lowest BCUT2D eigenvalue weighted by Gasteiger charge is -2.29. The van der Waals surface area contributed by atoms with Crippen LogP contribution in [0.5, 0.6) is 0 Å². The minimum absolute atomic E-state index is 0.310. The number of para-hydroxylation sites is 2. The molecule has 0 saturated carbocycles. The first kappa shape index (κ1) is 19.1. The quantitative estimate of drug-likeness (QED) is 0.537. The fraction of sp³-hybridized carbons (Fsp3) is 0.130. The summed E-state index contributed by atoms with van der Waals surface area (Å²) in [5.41, 5.74) is 1.97. The normalized spacial score (nSPS) is 23.2. The molecule has 2 heterocycles. The van der Waals surface area contributed by atoms with Gasteiger partial charge >= 0.3 is 0 Å². The van der Waals surface area contributed by atoms with Crippen LogP contribution >= 0.6 is 23.2 Å². The molecule has 0 aromatic heterocycles. The fourth-order valence-corrected chi connectivity index (χ4v) is 4.67. The number of hydrogen-bond donors (Lipinski definition) is 0. The summed E-state index contributed by atoms with van der Waals surface area (Å²) in [6, 6.07) is 22.8. The summed E-state index contributed by atoms with van der Waals surface area (Å²) < 4.78 is 0. The van der Waals surface area contributed by atoms with E-state index in [9.17, 15) is 9.59 Å². The van der Waals surface area contributed by atoms with Crippen molar-refractivity contribution in [1.82, 2.24) is 0 Å². The van der Waals surface area contributed by atoms with Crippen molar-refractivity contribution in [3.63, 3.8) is 0 Å². The Morgan fingerprint density at radius 1 is 0.733 bits per heavy atom. The summed E-state index contributed by atoms with van der Waals surface area (Å²) in [7, 11) is 0. The van der Waals surface area contributed by atoms with Gasteiger partial charge in [0.25, 0.3) is 5.91 Å². The first-order valence-electron chi connectivity index (χ1n) is 9.44. The van der Waals surface area contributed by atoms with Crippen molar-refractivity contribution >= 4 is 46.4 Å². The molecule has 2 saturated heterocycles. The predicted octanol–water partition coefficient (Wildman–Crippen LogP) is 5.04. The highest BCUT2D eigenvalue weighted by Crippen LogP contribution is 2.48. The third kappa shape index (κ3) is 3.06. The van der Waals surface area contributed by atoms with Gasteiger partial charge in [-0.2, -0.15) is 0 Å². The molecule has 2 aliphatic rings. The van der Waals surface area contributed by atoms with Crippen molar-refractivity contribution < 1.29 is 14.4 Å². The molecular formula is C23H16Cl2N2O3. The first-order valence-corrected chi connectivity index (χ1v) is 10.2. The summed E-state index contributed by atoms with van der Waals surface area (Å²) in [5.74, 6) is -1.42. The Morgan fingerprint density at radius 3 is 1.90 bits per heavy atom. The van der Waals surface area contributed by atoms with Gasteiger partial charge in [0.05, 0.1) is 17.4 Å². The highest BCUT2D eigenvalue weighted by atomic mass is 35.5. The molecule has 5 nitrogen and oxygen atoms in total. The van der Waals surface area contributed by atoms with Crippen molar-refractivity contribution in [2.75, 3.05) is 9.96 Å². The Kier molecular flexibility index (Phi) is 4.74. The number of fused-ring (bicyclic) bond motifs is 1. The Labute approximate surface area is 183 Å². The maximum atomic E-state index is 13.5. The molecule has 150 valence electrons. The summed E-state index contributed by atoms with van der Waals surface area (Å²) in [6.07, 6.45) is -0.930. The average molecular weight is 439 g/mol. The molecule has 2 aliphatic heterocycles. The number of hydrogen-bond acceptors (Lipinski definition) is 4. The maximum Gasteiger partial charge on any atom is 0.266 e. The van der Waals surface area contributed by atoms with Crippen LogP contribution in [0.3, 0.4) is 0 Å². The minimum atomic E-state index is -0.930. The van der Waals surface area contributed by atoms with E-state index in [1.807, 2.05) is 36.4 Å². The topological polar surface area (TPSA) is 49.9 Å². The third-order valence-corrected chi connectivity index (χ3v) is 5.80. The van der Waals surface area contributed by atoms with E-state index >= 15 is 0 Å². The van der Waals surface area contributed by atoms with Gasteiger partial charge < -0.3 is 0 Å². The van der Waals surface area contributed by atoms with E-state index in [0.29, 0.717) is 21.3 Å². The number of nitrogens with zero attached hydrogens (tertiary/aromatic N) is 2. The number of rotatable bonds is 3. The Bertz CT molecular complexity index is 1100. The fourth-order valence-electron chi connectivity index (χ4n) is 4.13. The second-order valence-corrected chi connectivity index (χ2v) is 8.08. The standard InChI is InChI=1S/C23H16Cl2N2O3/c24-15-11-14(12-16(25)13-15)20-19-21(30-27(20)18-9-5-2-6-10-18)23(29)26(22(19)28)17-7-3-1-4-8-17/h1-13,19-21H. The van der Waals surface area contributed by atoms with Gasteiger partial charge in [-0.1, -0.05) is 59.6 Å². The van der Waals surface area contributed by atoms with Crippen LogP contribution in [0.25, 0.3) is 0 Å². The van der Waals surface area contributed by atoms with Crippen LogP contribution in [0, 0.1) is 5.92 Å². The van der Waals surface area contributed by atoms with Crippen LogP contribution in [0.1, 0.15) is 11.6 Å². The lowest BCUT2D eigenvalue weighted by atomic mass is 9.90. The SMILES string of the molecule is O=C1C2ON(c3ccccc3)C(c3cc(Cl)cc(Cl)c3)C2C(=O)N1c1ccccc1. The van der Waals surface area contributed by atoms with Crippen molar-refractivity contribution in [2.24, 2.45) is 5.92 Å². The Morgan fingerprint density at radius 2 is 1.30 bits per heavy atom. The molecule has 0 bridgehead atoms. The van der Waals surface area contributed by atoms with Gasteiger partial charge in [0.2, 0.25) is 5.91 Å². The van der Waals surface area contributed by atoms with Crippen LogP contribution in [0.15, 0.2) is 78.9 Å². The molecule has 7 heteroatoms. The monoisotopic (exact) mass is 438 g/mol. The van der Waals surface area contributed by atoms with Gasteiger partial charge in [0.15, 0.2) is 6.10 Å². The van der Waals surface area contributed by atoms with Crippen LogP contribution in [0.2, 0.25) is 10.0 Å². The van der Waals surface area contributed by atoms with Crippen LogP contribution < -0.4 is 9.96 Å². The largest absolute Gasteiger partial charge is 0.273 e. The highest BCUT2D eigenvalue weighted by Gasteiger charge is 2.60. The molecular weight excluding hydrogens is 423 g/mol. The van der Waals surface area contributed by atoms with Crippen LogP contribution in [-0.2, 0) is 14.4 Å². The van der Waals surface area contributed by atoms with Crippen molar-refractivity contribution in [1.29, 1.82) is 0 Å². The van der Waals surface area contributed by atoms with E-state index in [1.165, 1.54) is 4.90 Å². The van der Waals surface area contributed by atoms with Gasteiger partial charge in [-0.05, 0) is 48.0 Å². The van der Waals surface area contributed by atoms with Gasteiger partial charge in [-0.15, -0.1) is 0 Å². The number of anilines is 2. The summed E-state index contributed by atoms with van der Waals surface area (Å²) in [6.45, 7) is 0. The zero-order valence-corrected chi connectivity index (χ0v) is 17.1. The Balaban J connectivity index is 1.62. The van der Waals surface area contributed by atoms with Gasteiger partial charge in [-0.3, -0.25) is 14.4 Å². The summed E-state index contributed by atoms with van der Waals surface area (Å²) in [5, 5.41) is 2.52. The lowest BCUT2D eigenvalue weighted by molar-refractivity contribution is -0.126. The number of hydroxylamine groups is 1. The van der Waals surface area contributed by atoms with E-state index in [0.717, 1.165) is 5.69 Å². The number of carbonyl (C=O) groups is 2. The van der Waals surface area contributed by atoms with E-state index in [-0.39, 0.29) is 11.8 Å². The number of benzene rings is 3. The van der Waals surface area contributed by atoms with E-state index in [1.54, 1.807) is 47.5 Å². The van der Waals surface area contributed by atoms with Gasteiger partial charge in [-0.25, -0.2) is 9.96 Å². The maximum absolute atomic E-state index is 13.5. The van der Waals surface area contributed by atoms with Crippen LogP contribution in [0.4, 0.5) is 11.4 Å². The van der Waals surface area contributed by atoms with E-state index in [2.05, 4.69) is 0 Å². The molecule has 3 unspecified atom stereocenters. The van der Waals surface area contributed by atoms with Gasteiger partial charge in [0.1, 0.15) is 5.92 Å². The number of carbonyl (C=O) groups excluding carboxylic acids is 2. The lowest BCUT2D eigenvalue weighted by Crippen LogP contribution is -2.37. The molecule has 3 aromatic carbocycles. The molecule has 2 amide bonds. The number of amides is 2. The van der Waals surface area contributed by atoms with Crippen LogP contribution in [-0.4, -0.2) is 17.9 Å². The predicted molar refractivity (Wildman–Crippen MR) is 115 cm³/mol. The van der Waals surface area contributed by atoms with Crippen molar-refractivity contribution in [3.05, 3.63) is 94.5 Å². The smallest absolute Gasteiger partial charge is 0.266 e. The molecule has 5 rings (SSSR count). The summed E-state index contributed by atoms with van der Waals surface area (Å²) >= 11 is 12.5. The molecule has 0 radical (unpaired) electrons. The van der Waals surface area contributed by atoms with E-state index in [4.69, 9.17) is 28.0 Å². The Hall–Kier alpha value is -2.86. The molecule has 0 spiro atoms. The molecule has 30 heavy (non-hydrogen) atoms. The zero-order chi connectivity index (χ0) is 20.8. The molecule has 3 atom stereocenters. The minimum Gasteiger partial charge on any atom is -0.273 e. The average Bonchev–Trinajstić information content (AvgIpc) is 3.25. The second kappa shape index (κ2) is 7.43. The third-order valence-electron chi connectivity index (χ3n) is 5.37. The molecule has 2 fully saturated rings. The molecule has 3 aromatic rings. The molecule has 0 aliphatic carbocycles.